The number of rotatable bonds is 6. The van der Waals surface area contributed by atoms with Gasteiger partial charge in [0.05, 0.1) is 16.4 Å². The summed E-state index contributed by atoms with van der Waals surface area (Å²) in [5, 5.41) is 25.6. The molecule has 0 N–H and O–H groups in total. The lowest BCUT2D eigenvalue weighted by Gasteiger charge is -1.98. The third kappa shape index (κ3) is 4.02. The van der Waals surface area contributed by atoms with Gasteiger partial charge in [0.25, 0.3) is 17.7 Å². The van der Waals surface area contributed by atoms with E-state index in [1.54, 1.807) is 35.3 Å². The number of nitrogens with zero attached hydrogens (tertiary/aromatic N) is 5. The third-order valence-corrected chi connectivity index (χ3v) is 3.63. The van der Waals surface area contributed by atoms with Crippen LogP contribution in [-0.2, 0) is 13.1 Å². The molecule has 126 valence electrons. The quantitative estimate of drug-likeness (QED) is 0.388. The SMILES string of the molecule is O=[N+]([O-])c1ccc(Cn2c[n+](Cc3ccc([N+](=O)[O-])cc3)cn2)cc1. The van der Waals surface area contributed by atoms with Crippen molar-refractivity contribution in [2.24, 2.45) is 0 Å². The van der Waals surface area contributed by atoms with E-state index in [-0.39, 0.29) is 11.4 Å². The molecule has 0 saturated heterocycles. The summed E-state index contributed by atoms with van der Waals surface area (Å²) in [6.07, 6.45) is 3.47. The largest absolute Gasteiger partial charge is 0.269 e. The lowest BCUT2D eigenvalue weighted by Crippen LogP contribution is -2.31. The first kappa shape index (κ1) is 16.2. The number of aromatic nitrogens is 3. The van der Waals surface area contributed by atoms with Crippen molar-refractivity contribution in [2.75, 3.05) is 0 Å². The van der Waals surface area contributed by atoms with E-state index in [1.165, 1.54) is 24.3 Å². The van der Waals surface area contributed by atoms with Crippen molar-refractivity contribution in [3.8, 4) is 0 Å². The predicted octanol–water partition coefficient (Wildman–Crippen LogP) is 2.08. The number of non-ortho nitro benzene ring substituents is 2. The molecule has 25 heavy (non-hydrogen) atoms. The predicted molar refractivity (Wildman–Crippen MR) is 86.8 cm³/mol. The van der Waals surface area contributed by atoms with Crippen LogP contribution in [0.4, 0.5) is 11.4 Å². The van der Waals surface area contributed by atoms with Crippen LogP contribution in [-0.4, -0.2) is 19.6 Å². The van der Waals surface area contributed by atoms with E-state index in [0.717, 1.165) is 11.1 Å². The van der Waals surface area contributed by atoms with Gasteiger partial charge in [-0.15, -0.1) is 4.68 Å². The zero-order valence-electron chi connectivity index (χ0n) is 13.1. The van der Waals surface area contributed by atoms with Gasteiger partial charge in [-0.05, 0) is 35.4 Å². The van der Waals surface area contributed by atoms with Crippen LogP contribution in [0.3, 0.4) is 0 Å². The smallest absolute Gasteiger partial charge is 0.258 e. The highest BCUT2D eigenvalue weighted by Crippen LogP contribution is 2.13. The second-order valence-corrected chi connectivity index (χ2v) is 5.46. The molecular weight excluding hydrogens is 326 g/mol. The first-order valence-electron chi connectivity index (χ1n) is 7.39. The van der Waals surface area contributed by atoms with Gasteiger partial charge in [0.1, 0.15) is 6.54 Å². The van der Waals surface area contributed by atoms with Crippen molar-refractivity contribution in [1.29, 1.82) is 0 Å². The van der Waals surface area contributed by atoms with Gasteiger partial charge in [0, 0.05) is 29.4 Å². The number of hydrogen-bond acceptors (Lipinski definition) is 5. The monoisotopic (exact) mass is 340 g/mol. The van der Waals surface area contributed by atoms with Gasteiger partial charge >= 0.3 is 0 Å². The number of nitro groups is 2. The molecule has 9 nitrogen and oxygen atoms in total. The maximum atomic E-state index is 10.7. The molecule has 0 fully saturated rings. The number of hydrogen-bond donors (Lipinski definition) is 0. The molecule has 0 saturated carbocycles. The van der Waals surface area contributed by atoms with Gasteiger partial charge in [0.2, 0.25) is 6.33 Å². The van der Waals surface area contributed by atoms with Crippen LogP contribution in [0.25, 0.3) is 0 Å². The summed E-state index contributed by atoms with van der Waals surface area (Å²) >= 11 is 0. The molecule has 1 aromatic heterocycles. The van der Waals surface area contributed by atoms with Crippen molar-refractivity contribution in [3.05, 3.63) is 92.5 Å². The highest BCUT2D eigenvalue weighted by Gasteiger charge is 2.10. The second kappa shape index (κ2) is 6.87. The standard InChI is InChI=1S/C16H14N5O4/c22-20(23)15-5-1-13(2-6-15)9-18-11-17-19(12-18)10-14-3-7-16(8-4-14)21(24)25/h1-8,11-12H,9-10H2/q+1. The van der Waals surface area contributed by atoms with E-state index < -0.39 is 9.85 Å². The van der Waals surface area contributed by atoms with Crippen molar-refractivity contribution in [3.63, 3.8) is 0 Å². The molecule has 0 unspecified atom stereocenters. The van der Waals surface area contributed by atoms with Gasteiger partial charge in [-0.1, -0.05) is 0 Å². The average molecular weight is 340 g/mol. The molecule has 1 heterocycles. The Bertz CT molecular complexity index is 829. The fraction of sp³-hybridized carbons (Fsp3) is 0.125. The Morgan fingerprint density at radius 2 is 1.40 bits per heavy atom. The summed E-state index contributed by atoms with van der Waals surface area (Å²) in [5.41, 5.74) is 1.93. The lowest BCUT2D eigenvalue weighted by molar-refractivity contribution is -0.689. The third-order valence-electron chi connectivity index (χ3n) is 3.63. The van der Waals surface area contributed by atoms with Gasteiger partial charge in [-0.3, -0.25) is 20.2 Å². The summed E-state index contributed by atoms with van der Waals surface area (Å²) in [5.74, 6) is 0. The van der Waals surface area contributed by atoms with E-state index >= 15 is 0 Å². The molecule has 0 aliphatic rings. The summed E-state index contributed by atoms with van der Waals surface area (Å²) in [6, 6.07) is 12.7. The molecule has 0 aliphatic heterocycles. The van der Waals surface area contributed by atoms with E-state index in [4.69, 9.17) is 0 Å². The molecule has 2 aromatic carbocycles. The zero-order chi connectivity index (χ0) is 17.8. The van der Waals surface area contributed by atoms with Crippen LogP contribution in [0.5, 0.6) is 0 Å². The van der Waals surface area contributed by atoms with E-state index in [1.807, 2.05) is 10.9 Å². The van der Waals surface area contributed by atoms with Gasteiger partial charge < -0.3 is 0 Å². The maximum absolute atomic E-state index is 10.7. The highest BCUT2D eigenvalue weighted by molar-refractivity contribution is 5.33. The zero-order valence-corrected chi connectivity index (χ0v) is 13.1. The summed E-state index contributed by atoms with van der Waals surface area (Å²) in [4.78, 5) is 20.4. The van der Waals surface area contributed by atoms with Gasteiger partial charge in [-0.25, -0.2) is 4.57 Å². The van der Waals surface area contributed by atoms with E-state index in [0.29, 0.717) is 13.1 Å². The fourth-order valence-electron chi connectivity index (χ4n) is 2.37. The normalized spacial score (nSPS) is 10.6. The molecular formula is C16H14N5O4+. The first-order chi connectivity index (χ1) is 12.0. The Morgan fingerprint density at radius 1 is 0.880 bits per heavy atom. The van der Waals surface area contributed by atoms with E-state index in [2.05, 4.69) is 5.10 Å². The van der Waals surface area contributed by atoms with E-state index in [9.17, 15) is 20.2 Å². The average Bonchev–Trinajstić information content (AvgIpc) is 3.02. The summed E-state index contributed by atoms with van der Waals surface area (Å²) in [7, 11) is 0. The second-order valence-electron chi connectivity index (χ2n) is 5.46. The van der Waals surface area contributed by atoms with Crippen molar-refractivity contribution >= 4 is 11.4 Å². The Hall–Kier alpha value is -3.62. The molecule has 9 heteroatoms. The minimum Gasteiger partial charge on any atom is -0.258 e. The molecule has 3 rings (SSSR count). The highest BCUT2D eigenvalue weighted by atomic mass is 16.6. The summed E-state index contributed by atoms with van der Waals surface area (Å²) < 4.78 is 3.57. The maximum Gasteiger partial charge on any atom is 0.269 e. The van der Waals surface area contributed by atoms with Crippen molar-refractivity contribution in [1.82, 2.24) is 9.78 Å². The molecule has 0 amide bonds. The van der Waals surface area contributed by atoms with Crippen molar-refractivity contribution < 1.29 is 14.4 Å². The van der Waals surface area contributed by atoms with Gasteiger partial charge in [-0.2, -0.15) is 0 Å². The minimum absolute atomic E-state index is 0.0532. The van der Waals surface area contributed by atoms with Crippen molar-refractivity contribution in [2.45, 2.75) is 13.1 Å². The topological polar surface area (TPSA) is 108 Å². The molecule has 0 radical (unpaired) electrons. The Balaban J connectivity index is 1.65. The molecule has 0 bridgehead atoms. The van der Waals surface area contributed by atoms with Crippen LogP contribution in [0, 0.1) is 20.2 Å². The molecule has 0 atom stereocenters. The first-order valence-corrected chi connectivity index (χ1v) is 7.39. The lowest BCUT2D eigenvalue weighted by atomic mass is 10.2. The molecule has 0 aliphatic carbocycles. The number of nitro benzene ring substituents is 2. The van der Waals surface area contributed by atoms with Gasteiger partial charge in [0.15, 0.2) is 0 Å². The van der Waals surface area contributed by atoms with Crippen LogP contribution in [0.2, 0.25) is 0 Å². The minimum atomic E-state index is -0.435. The summed E-state index contributed by atoms with van der Waals surface area (Å²) in [6.45, 7) is 1.03. The Labute approximate surface area is 142 Å². The molecule has 0 spiro atoms. The van der Waals surface area contributed by atoms with Crippen LogP contribution >= 0.6 is 0 Å². The Morgan fingerprint density at radius 3 is 1.92 bits per heavy atom. The molecule has 3 aromatic rings. The van der Waals surface area contributed by atoms with Crippen LogP contribution < -0.4 is 4.57 Å². The Kier molecular flexibility index (Phi) is 4.46. The fourth-order valence-corrected chi connectivity index (χ4v) is 2.37. The van der Waals surface area contributed by atoms with Crippen LogP contribution in [0.15, 0.2) is 61.2 Å². The van der Waals surface area contributed by atoms with Crippen LogP contribution in [0.1, 0.15) is 11.1 Å². The number of benzene rings is 2.